The molecule has 4 heterocycles. The molecule has 0 radical (unpaired) electrons. The number of carbonyl (C=O) groups excluding carboxylic acids is 3. The maximum atomic E-state index is 13.2. The van der Waals surface area contributed by atoms with Crippen molar-refractivity contribution in [2.45, 2.75) is 31.8 Å². The Morgan fingerprint density at radius 1 is 1.05 bits per heavy atom. The SMILES string of the molecule is C=C1CCC(N2Cc3c(CC(=O)CN4CCN(c5cc(-c6ccccc6O)nnc5N)CC4)cccc3C2=O)C(=O)N1. The van der Waals surface area contributed by atoms with Gasteiger partial charge >= 0.3 is 0 Å². The highest BCUT2D eigenvalue weighted by molar-refractivity contribution is 6.02. The summed E-state index contributed by atoms with van der Waals surface area (Å²) in [6.45, 7) is 7.09. The number of phenolic OH excluding ortho intramolecular Hbond substituents is 1. The maximum absolute atomic E-state index is 13.2. The van der Waals surface area contributed by atoms with Crippen LogP contribution >= 0.6 is 0 Å². The quantitative estimate of drug-likeness (QED) is 0.391. The number of amides is 2. The molecule has 4 N–H and O–H groups in total. The second-order valence-corrected chi connectivity index (χ2v) is 11.0. The smallest absolute Gasteiger partial charge is 0.255 e. The number of aromatic hydroxyl groups is 1. The number of piperazine rings is 1. The number of carbonyl (C=O) groups is 3. The number of nitrogens with zero attached hydrogens (tertiary/aromatic N) is 5. The van der Waals surface area contributed by atoms with E-state index in [0.717, 1.165) is 16.8 Å². The van der Waals surface area contributed by atoms with Crippen LogP contribution in [0.4, 0.5) is 11.5 Å². The number of nitrogens with two attached hydrogens (primary N) is 1. The molecular formula is C31H33N7O4. The first-order chi connectivity index (χ1) is 20.3. The Morgan fingerprint density at radius 2 is 1.81 bits per heavy atom. The number of nitrogen functional groups attached to an aromatic ring is 1. The van der Waals surface area contributed by atoms with Gasteiger partial charge in [0.05, 0.1) is 17.9 Å². The van der Waals surface area contributed by atoms with Crippen LogP contribution in [0.2, 0.25) is 0 Å². The van der Waals surface area contributed by atoms with E-state index in [1.54, 1.807) is 35.2 Å². The van der Waals surface area contributed by atoms with Crippen LogP contribution in [0, 0.1) is 0 Å². The number of para-hydroxylation sites is 1. The molecule has 1 atom stereocenters. The zero-order valence-electron chi connectivity index (χ0n) is 23.3. The predicted octanol–water partition coefficient (Wildman–Crippen LogP) is 2.11. The molecule has 2 aromatic carbocycles. The number of phenols is 1. The average molecular weight is 568 g/mol. The van der Waals surface area contributed by atoms with Crippen molar-refractivity contribution in [3.63, 3.8) is 0 Å². The number of hydrogen-bond acceptors (Lipinski definition) is 9. The summed E-state index contributed by atoms with van der Waals surface area (Å²) in [4.78, 5) is 44.7. The van der Waals surface area contributed by atoms with E-state index >= 15 is 0 Å². The third-order valence-electron chi connectivity index (χ3n) is 8.27. The summed E-state index contributed by atoms with van der Waals surface area (Å²) in [5, 5.41) is 21.3. The molecule has 1 unspecified atom stereocenters. The molecule has 1 aromatic heterocycles. The summed E-state index contributed by atoms with van der Waals surface area (Å²) in [5.41, 5.74) is 10.9. The number of anilines is 2. The minimum Gasteiger partial charge on any atom is -0.507 e. The fraction of sp³-hybridized carbons (Fsp3) is 0.323. The van der Waals surface area contributed by atoms with E-state index in [9.17, 15) is 19.5 Å². The zero-order valence-corrected chi connectivity index (χ0v) is 23.3. The first-order valence-corrected chi connectivity index (χ1v) is 14.1. The van der Waals surface area contributed by atoms with Gasteiger partial charge in [-0.3, -0.25) is 19.3 Å². The molecule has 42 heavy (non-hydrogen) atoms. The van der Waals surface area contributed by atoms with Crippen molar-refractivity contribution in [1.82, 2.24) is 25.3 Å². The van der Waals surface area contributed by atoms with Crippen LogP contribution in [0.3, 0.4) is 0 Å². The van der Waals surface area contributed by atoms with Crippen molar-refractivity contribution < 1.29 is 19.5 Å². The van der Waals surface area contributed by atoms with Crippen LogP contribution in [0.25, 0.3) is 11.3 Å². The summed E-state index contributed by atoms with van der Waals surface area (Å²) in [7, 11) is 0. The molecule has 0 aliphatic carbocycles. The summed E-state index contributed by atoms with van der Waals surface area (Å²) in [6, 6.07) is 13.7. The number of benzene rings is 2. The van der Waals surface area contributed by atoms with E-state index in [1.165, 1.54) is 0 Å². The van der Waals surface area contributed by atoms with Crippen LogP contribution in [0.5, 0.6) is 5.75 Å². The lowest BCUT2D eigenvalue weighted by atomic mass is 9.99. The Hall–Kier alpha value is -4.77. The molecule has 2 fully saturated rings. The second kappa shape index (κ2) is 11.2. The van der Waals surface area contributed by atoms with E-state index in [2.05, 4.69) is 31.9 Å². The van der Waals surface area contributed by atoms with Gasteiger partial charge < -0.3 is 26.0 Å². The van der Waals surface area contributed by atoms with Gasteiger partial charge in [0, 0.05) is 56.0 Å². The molecule has 2 saturated heterocycles. The van der Waals surface area contributed by atoms with Crippen LogP contribution in [-0.2, 0) is 22.6 Å². The molecule has 3 aliphatic heterocycles. The third-order valence-corrected chi connectivity index (χ3v) is 8.27. The minimum absolute atomic E-state index is 0.0707. The summed E-state index contributed by atoms with van der Waals surface area (Å²) < 4.78 is 0. The fourth-order valence-electron chi connectivity index (χ4n) is 6.03. The first-order valence-electron chi connectivity index (χ1n) is 14.1. The normalized spacial score (nSPS) is 19.1. The van der Waals surface area contributed by atoms with Crippen molar-refractivity contribution in [3.8, 4) is 17.0 Å². The largest absolute Gasteiger partial charge is 0.507 e. The van der Waals surface area contributed by atoms with Crippen molar-refractivity contribution >= 4 is 29.1 Å². The summed E-state index contributed by atoms with van der Waals surface area (Å²) in [5.74, 6) is 0.136. The standard InChI is InChI=1S/C31H33N7O4/c1-19-9-10-26(30(41)33-19)38-18-24-20(5-4-7-22(24)31(38)42)15-21(39)17-36-11-13-37(14-12-36)27-16-25(34-35-29(27)32)23-6-2-3-8-28(23)40/h2-8,16,26,40H,1,9-15,17-18H2,(H2,32,35)(H,33,41). The van der Waals surface area contributed by atoms with E-state index in [-0.39, 0.29) is 29.8 Å². The molecular weight excluding hydrogens is 534 g/mol. The summed E-state index contributed by atoms with van der Waals surface area (Å²) >= 11 is 0. The number of Topliss-reactive ketones (excluding diaryl/α,β-unsaturated/α-hetero) is 1. The molecule has 3 aliphatic rings. The van der Waals surface area contributed by atoms with Gasteiger partial charge in [0.2, 0.25) is 5.91 Å². The number of ketones is 1. The average Bonchev–Trinajstić information content (AvgIpc) is 3.31. The minimum atomic E-state index is -0.533. The van der Waals surface area contributed by atoms with Gasteiger partial charge in [-0.25, -0.2) is 0 Å². The van der Waals surface area contributed by atoms with Crippen LogP contribution in [0.15, 0.2) is 60.8 Å². The first kappa shape index (κ1) is 27.4. The molecule has 3 aromatic rings. The predicted molar refractivity (Wildman–Crippen MR) is 158 cm³/mol. The lowest BCUT2D eigenvalue weighted by Gasteiger charge is -2.36. The number of hydrogen-bond donors (Lipinski definition) is 3. The van der Waals surface area contributed by atoms with E-state index < -0.39 is 6.04 Å². The van der Waals surface area contributed by atoms with Crippen LogP contribution < -0.4 is 16.0 Å². The molecule has 2 amide bonds. The number of allylic oxidation sites excluding steroid dienone is 1. The molecule has 0 bridgehead atoms. The topological polar surface area (TPSA) is 145 Å². The van der Waals surface area contributed by atoms with Gasteiger partial charge in [-0.15, -0.1) is 10.2 Å². The van der Waals surface area contributed by atoms with Gasteiger partial charge in [0.15, 0.2) is 11.6 Å². The highest BCUT2D eigenvalue weighted by Gasteiger charge is 2.39. The zero-order chi connectivity index (χ0) is 29.4. The van der Waals surface area contributed by atoms with Crippen molar-refractivity contribution in [3.05, 3.63) is 77.5 Å². The fourth-order valence-corrected chi connectivity index (χ4v) is 6.03. The van der Waals surface area contributed by atoms with E-state index in [1.807, 2.05) is 18.2 Å². The summed E-state index contributed by atoms with van der Waals surface area (Å²) in [6.07, 6.45) is 1.41. The maximum Gasteiger partial charge on any atom is 0.255 e. The van der Waals surface area contributed by atoms with Gasteiger partial charge in [-0.1, -0.05) is 30.8 Å². The second-order valence-electron chi connectivity index (χ2n) is 11.0. The lowest BCUT2D eigenvalue weighted by Crippen LogP contribution is -2.49. The number of rotatable bonds is 7. The molecule has 11 nitrogen and oxygen atoms in total. The van der Waals surface area contributed by atoms with Crippen LogP contribution in [0.1, 0.15) is 34.3 Å². The van der Waals surface area contributed by atoms with E-state index in [0.29, 0.717) is 80.4 Å². The number of fused-ring (bicyclic) bond motifs is 1. The number of aromatic nitrogens is 2. The Balaban J connectivity index is 1.07. The number of piperidine rings is 1. The molecule has 216 valence electrons. The highest BCUT2D eigenvalue weighted by Crippen LogP contribution is 2.33. The number of nitrogens with one attached hydrogen (secondary N) is 1. The third kappa shape index (κ3) is 5.30. The van der Waals surface area contributed by atoms with Crippen LogP contribution in [-0.4, -0.2) is 81.5 Å². The lowest BCUT2D eigenvalue weighted by molar-refractivity contribution is -0.126. The van der Waals surface area contributed by atoms with Gasteiger partial charge in [-0.05, 0) is 48.2 Å². The van der Waals surface area contributed by atoms with Crippen molar-refractivity contribution in [1.29, 1.82) is 0 Å². The molecule has 6 rings (SSSR count). The Kier molecular flexibility index (Phi) is 7.34. The Labute approximate surface area is 243 Å². The monoisotopic (exact) mass is 567 g/mol. The van der Waals surface area contributed by atoms with Gasteiger partial charge in [0.1, 0.15) is 11.8 Å². The molecule has 0 spiro atoms. The molecule has 0 saturated carbocycles. The Morgan fingerprint density at radius 3 is 2.57 bits per heavy atom. The van der Waals surface area contributed by atoms with Crippen molar-refractivity contribution in [2.75, 3.05) is 43.4 Å². The molecule has 11 heteroatoms. The van der Waals surface area contributed by atoms with Gasteiger partial charge in [0.25, 0.3) is 5.91 Å². The Bertz CT molecular complexity index is 1580. The van der Waals surface area contributed by atoms with Gasteiger partial charge in [-0.2, -0.15) is 0 Å². The highest BCUT2D eigenvalue weighted by atomic mass is 16.3. The van der Waals surface area contributed by atoms with Crippen molar-refractivity contribution in [2.24, 2.45) is 0 Å². The van der Waals surface area contributed by atoms with E-state index in [4.69, 9.17) is 5.73 Å².